The summed E-state index contributed by atoms with van der Waals surface area (Å²) in [6.45, 7) is 6.90. The highest BCUT2D eigenvalue weighted by atomic mass is 16.5. The van der Waals surface area contributed by atoms with Crippen LogP contribution in [0.15, 0.2) is 91.5 Å². The zero-order chi connectivity index (χ0) is 21.8. The standard InChI is InChI=1S/C27H25NO3/c1-3-27(2,16-17-28-25(29)23-14-7-8-15-24(23)26(28)30)21-12-9-13-22(18-21)31-19-20-10-5-4-6-11-20/h3-15,18H,1,16-17,19H2,2H3/t27-/m0/s1. The molecule has 0 fully saturated rings. The third-order valence-electron chi connectivity index (χ3n) is 5.93. The van der Waals surface area contributed by atoms with E-state index >= 15 is 0 Å². The van der Waals surface area contributed by atoms with Gasteiger partial charge in [0.2, 0.25) is 0 Å². The Morgan fingerprint density at radius 2 is 1.55 bits per heavy atom. The van der Waals surface area contributed by atoms with Crippen molar-refractivity contribution in [3.05, 3.63) is 114 Å². The number of allylic oxidation sites excluding steroid dienone is 1. The molecule has 0 saturated carbocycles. The molecule has 2 amide bonds. The lowest BCUT2D eigenvalue weighted by Crippen LogP contribution is -2.34. The van der Waals surface area contributed by atoms with Gasteiger partial charge < -0.3 is 4.74 Å². The summed E-state index contributed by atoms with van der Waals surface area (Å²) in [4.78, 5) is 26.7. The smallest absolute Gasteiger partial charge is 0.261 e. The van der Waals surface area contributed by atoms with E-state index in [-0.39, 0.29) is 11.8 Å². The zero-order valence-electron chi connectivity index (χ0n) is 17.6. The summed E-state index contributed by atoms with van der Waals surface area (Å²) >= 11 is 0. The molecule has 0 spiro atoms. The van der Waals surface area contributed by atoms with Gasteiger partial charge in [0.1, 0.15) is 12.4 Å². The highest BCUT2D eigenvalue weighted by Crippen LogP contribution is 2.33. The van der Waals surface area contributed by atoms with Crippen LogP contribution in [-0.2, 0) is 12.0 Å². The number of ether oxygens (including phenoxy) is 1. The van der Waals surface area contributed by atoms with Crippen LogP contribution in [0.1, 0.15) is 45.2 Å². The average molecular weight is 412 g/mol. The molecule has 1 aliphatic rings. The first-order valence-electron chi connectivity index (χ1n) is 10.4. The molecule has 3 aromatic rings. The van der Waals surface area contributed by atoms with Gasteiger partial charge in [-0.2, -0.15) is 0 Å². The van der Waals surface area contributed by atoms with E-state index in [0.717, 1.165) is 16.9 Å². The van der Waals surface area contributed by atoms with Crippen LogP contribution < -0.4 is 4.74 Å². The van der Waals surface area contributed by atoms with Crippen LogP contribution in [0.3, 0.4) is 0 Å². The molecule has 1 aliphatic heterocycles. The van der Waals surface area contributed by atoms with Crippen molar-refractivity contribution >= 4 is 11.8 Å². The lowest BCUT2D eigenvalue weighted by Gasteiger charge is -2.29. The Kier molecular flexibility index (Phi) is 5.72. The molecule has 4 heteroatoms. The SMILES string of the molecule is C=C[C@@](C)(CCN1C(=O)c2ccccc2C1=O)c1cccc(OCc2ccccc2)c1. The lowest BCUT2D eigenvalue weighted by atomic mass is 9.79. The molecule has 0 aliphatic carbocycles. The molecule has 4 nitrogen and oxygen atoms in total. The minimum absolute atomic E-state index is 0.230. The minimum atomic E-state index is -0.415. The second kappa shape index (κ2) is 8.60. The topological polar surface area (TPSA) is 46.6 Å². The lowest BCUT2D eigenvalue weighted by molar-refractivity contribution is 0.0646. The van der Waals surface area contributed by atoms with Gasteiger partial charge in [0.05, 0.1) is 11.1 Å². The van der Waals surface area contributed by atoms with Crippen LogP contribution in [0, 0.1) is 0 Å². The minimum Gasteiger partial charge on any atom is -0.489 e. The average Bonchev–Trinajstić information content (AvgIpc) is 3.07. The van der Waals surface area contributed by atoms with E-state index in [9.17, 15) is 9.59 Å². The Balaban J connectivity index is 1.47. The normalized spacial score (nSPS) is 14.8. The van der Waals surface area contributed by atoms with E-state index < -0.39 is 5.41 Å². The molecule has 3 aromatic carbocycles. The van der Waals surface area contributed by atoms with Crippen LogP contribution in [0.25, 0.3) is 0 Å². The maximum Gasteiger partial charge on any atom is 0.261 e. The fourth-order valence-corrected chi connectivity index (χ4v) is 3.83. The van der Waals surface area contributed by atoms with Gasteiger partial charge in [0, 0.05) is 12.0 Å². The Morgan fingerprint density at radius 1 is 0.903 bits per heavy atom. The van der Waals surface area contributed by atoms with E-state index in [1.807, 2.05) is 60.7 Å². The highest BCUT2D eigenvalue weighted by molar-refractivity contribution is 6.21. The van der Waals surface area contributed by atoms with Crippen molar-refractivity contribution in [2.24, 2.45) is 0 Å². The summed E-state index contributed by atoms with van der Waals surface area (Å²) in [6.07, 6.45) is 2.45. The van der Waals surface area contributed by atoms with Gasteiger partial charge in [-0.25, -0.2) is 0 Å². The van der Waals surface area contributed by atoms with E-state index in [4.69, 9.17) is 4.74 Å². The van der Waals surface area contributed by atoms with Gasteiger partial charge in [-0.05, 0) is 41.8 Å². The van der Waals surface area contributed by atoms with E-state index in [0.29, 0.717) is 30.7 Å². The molecule has 0 N–H and O–H groups in total. The zero-order valence-corrected chi connectivity index (χ0v) is 17.6. The van der Waals surface area contributed by atoms with Crippen molar-refractivity contribution in [1.82, 2.24) is 4.90 Å². The van der Waals surface area contributed by atoms with Crippen molar-refractivity contribution < 1.29 is 14.3 Å². The van der Waals surface area contributed by atoms with Crippen molar-refractivity contribution in [1.29, 1.82) is 0 Å². The number of amides is 2. The number of nitrogens with zero attached hydrogens (tertiary/aromatic N) is 1. The molecule has 0 bridgehead atoms. The van der Waals surface area contributed by atoms with Crippen molar-refractivity contribution in [2.45, 2.75) is 25.4 Å². The molecule has 156 valence electrons. The maximum absolute atomic E-state index is 12.7. The summed E-state index contributed by atoms with van der Waals surface area (Å²) in [7, 11) is 0. The molecule has 1 heterocycles. The molecule has 0 saturated heterocycles. The highest BCUT2D eigenvalue weighted by Gasteiger charge is 2.36. The number of hydrogen-bond donors (Lipinski definition) is 0. The van der Waals surface area contributed by atoms with Gasteiger partial charge in [-0.15, -0.1) is 6.58 Å². The van der Waals surface area contributed by atoms with Crippen LogP contribution in [-0.4, -0.2) is 23.3 Å². The number of fused-ring (bicyclic) bond motifs is 1. The van der Waals surface area contributed by atoms with E-state index in [2.05, 4.69) is 13.5 Å². The molecule has 4 rings (SSSR count). The first kappa shape index (κ1) is 20.6. The molecule has 0 unspecified atom stereocenters. The molecule has 31 heavy (non-hydrogen) atoms. The molecule has 1 atom stereocenters. The first-order chi connectivity index (χ1) is 15.0. The number of rotatable bonds is 8. The van der Waals surface area contributed by atoms with Crippen LogP contribution >= 0.6 is 0 Å². The molecule has 0 radical (unpaired) electrons. The Labute approximate surface area is 182 Å². The monoisotopic (exact) mass is 411 g/mol. The molecule has 0 aromatic heterocycles. The van der Waals surface area contributed by atoms with Crippen LogP contribution in [0.5, 0.6) is 5.75 Å². The number of hydrogen-bond acceptors (Lipinski definition) is 3. The largest absolute Gasteiger partial charge is 0.489 e. The van der Waals surface area contributed by atoms with Crippen LogP contribution in [0.4, 0.5) is 0 Å². The fourth-order valence-electron chi connectivity index (χ4n) is 3.83. The number of carbonyl (C=O) groups is 2. The molecular formula is C27H25NO3. The van der Waals surface area contributed by atoms with Crippen LogP contribution in [0.2, 0.25) is 0 Å². The first-order valence-corrected chi connectivity index (χ1v) is 10.4. The van der Waals surface area contributed by atoms with Gasteiger partial charge in [0.15, 0.2) is 0 Å². The second-order valence-corrected chi connectivity index (χ2v) is 7.98. The predicted molar refractivity (Wildman–Crippen MR) is 121 cm³/mol. The Hall–Kier alpha value is -3.66. The number of imide groups is 1. The quantitative estimate of drug-likeness (QED) is 0.368. The van der Waals surface area contributed by atoms with Gasteiger partial charge in [-0.1, -0.05) is 67.6 Å². The fraction of sp³-hybridized carbons (Fsp3) is 0.185. The number of benzene rings is 3. The van der Waals surface area contributed by atoms with Crippen molar-refractivity contribution in [2.75, 3.05) is 6.54 Å². The summed E-state index contributed by atoms with van der Waals surface area (Å²) < 4.78 is 5.97. The van der Waals surface area contributed by atoms with Gasteiger partial charge in [0.25, 0.3) is 11.8 Å². The van der Waals surface area contributed by atoms with Gasteiger partial charge in [-0.3, -0.25) is 14.5 Å². The van der Waals surface area contributed by atoms with E-state index in [1.165, 1.54) is 4.90 Å². The van der Waals surface area contributed by atoms with Crippen molar-refractivity contribution in [3.8, 4) is 5.75 Å². The predicted octanol–water partition coefficient (Wildman–Crippen LogP) is 5.40. The van der Waals surface area contributed by atoms with Crippen molar-refractivity contribution in [3.63, 3.8) is 0 Å². The number of carbonyl (C=O) groups excluding carboxylic acids is 2. The Morgan fingerprint density at radius 3 is 2.19 bits per heavy atom. The summed E-state index contributed by atoms with van der Waals surface area (Å²) in [5, 5.41) is 0. The summed E-state index contributed by atoms with van der Waals surface area (Å²) in [5.41, 5.74) is 2.67. The summed E-state index contributed by atoms with van der Waals surface area (Å²) in [6, 6.07) is 24.9. The third-order valence-corrected chi connectivity index (χ3v) is 5.93. The van der Waals surface area contributed by atoms with Gasteiger partial charge >= 0.3 is 0 Å². The second-order valence-electron chi connectivity index (χ2n) is 7.98. The van der Waals surface area contributed by atoms with E-state index in [1.54, 1.807) is 24.3 Å². The maximum atomic E-state index is 12.7. The molecular weight excluding hydrogens is 386 g/mol. The Bertz CT molecular complexity index is 1090. The summed E-state index contributed by atoms with van der Waals surface area (Å²) in [5.74, 6) is 0.314. The third kappa shape index (κ3) is 4.15.